The summed E-state index contributed by atoms with van der Waals surface area (Å²) in [4.78, 5) is 10.9. The SMILES string of the molecule is CCOCc1ccc(OC(C)=O)c(OCC)c1. The van der Waals surface area contributed by atoms with Gasteiger partial charge in [-0.3, -0.25) is 4.79 Å². The van der Waals surface area contributed by atoms with Gasteiger partial charge in [-0.1, -0.05) is 6.07 Å². The van der Waals surface area contributed by atoms with Crippen LogP contribution in [0.15, 0.2) is 18.2 Å². The van der Waals surface area contributed by atoms with Gasteiger partial charge in [-0.2, -0.15) is 0 Å². The van der Waals surface area contributed by atoms with Crippen molar-refractivity contribution in [2.24, 2.45) is 0 Å². The Bertz CT molecular complexity index is 374. The van der Waals surface area contributed by atoms with Gasteiger partial charge in [0, 0.05) is 13.5 Å². The molecule has 4 heteroatoms. The molecule has 4 nitrogen and oxygen atoms in total. The second kappa shape index (κ2) is 6.91. The van der Waals surface area contributed by atoms with E-state index in [1.54, 1.807) is 6.07 Å². The lowest BCUT2D eigenvalue weighted by atomic mass is 10.2. The highest BCUT2D eigenvalue weighted by Gasteiger charge is 2.08. The monoisotopic (exact) mass is 238 g/mol. The number of benzene rings is 1. The lowest BCUT2D eigenvalue weighted by molar-refractivity contribution is -0.132. The van der Waals surface area contributed by atoms with Crippen LogP contribution in [0.3, 0.4) is 0 Å². The van der Waals surface area contributed by atoms with Crippen LogP contribution in [0, 0.1) is 0 Å². The van der Waals surface area contributed by atoms with Crippen LogP contribution in [0.25, 0.3) is 0 Å². The summed E-state index contributed by atoms with van der Waals surface area (Å²) in [6.07, 6.45) is 0. The van der Waals surface area contributed by atoms with Gasteiger partial charge in [0.2, 0.25) is 0 Å². The highest BCUT2D eigenvalue weighted by atomic mass is 16.6. The molecule has 94 valence electrons. The number of ether oxygens (including phenoxy) is 3. The Hall–Kier alpha value is -1.55. The average molecular weight is 238 g/mol. The minimum Gasteiger partial charge on any atom is -0.490 e. The molecule has 17 heavy (non-hydrogen) atoms. The van der Waals surface area contributed by atoms with E-state index >= 15 is 0 Å². The Morgan fingerprint density at radius 2 is 1.94 bits per heavy atom. The van der Waals surface area contributed by atoms with E-state index in [0.29, 0.717) is 31.3 Å². The molecule has 0 amide bonds. The molecule has 0 N–H and O–H groups in total. The largest absolute Gasteiger partial charge is 0.490 e. The van der Waals surface area contributed by atoms with Crippen molar-refractivity contribution in [1.82, 2.24) is 0 Å². The van der Waals surface area contributed by atoms with Crippen LogP contribution in [0.1, 0.15) is 26.3 Å². The summed E-state index contributed by atoms with van der Waals surface area (Å²) >= 11 is 0. The van der Waals surface area contributed by atoms with Gasteiger partial charge in [0.15, 0.2) is 11.5 Å². The van der Waals surface area contributed by atoms with Crippen molar-refractivity contribution in [2.75, 3.05) is 13.2 Å². The molecule has 0 aliphatic heterocycles. The van der Waals surface area contributed by atoms with Gasteiger partial charge in [0.25, 0.3) is 0 Å². The van der Waals surface area contributed by atoms with Gasteiger partial charge in [-0.05, 0) is 31.5 Å². The van der Waals surface area contributed by atoms with E-state index in [1.807, 2.05) is 26.0 Å². The van der Waals surface area contributed by atoms with Gasteiger partial charge in [0.1, 0.15) is 0 Å². The minimum atomic E-state index is -0.358. The summed E-state index contributed by atoms with van der Waals surface area (Å²) in [6.45, 7) is 6.90. The highest BCUT2D eigenvalue weighted by Crippen LogP contribution is 2.28. The third-order valence-corrected chi connectivity index (χ3v) is 2.03. The molecule has 0 aliphatic rings. The summed E-state index contributed by atoms with van der Waals surface area (Å²) < 4.78 is 15.8. The van der Waals surface area contributed by atoms with Crippen LogP contribution in [0.5, 0.6) is 11.5 Å². The zero-order chi connectivity index (χ0) is 12.7. The van der Waals surface area contributed by atoms with Gasteiger partial charge in [-0.25, -0.2) is 0 Å². The second-order valence-electron chi connectivity index (χ2n) is 3.44. The predicted molar refractivity (Wildman–Crippen MR) is 64.3 cm³/mol. The van der Waals surface area contributed by atoms with Crippen molar-refractivity contribution in [3.8, 4) is 11.5 Å². The molecule has 0 radical (unpaired) electrons. The molecule has 0 aromatic heterocycles. The summed E-state index contributed by atoms with van der Waals surface area (Å²) in [5.74, 6) is 0.656. The van der Waals surface area contributed by atoms with Gasteiger partial charge >= 0.3 is 5.97 Å². The lowest BCUT2D eigenvalue weighted by Gasteiger charge is -2.11. The van der Waals surface area contributed by atoms with Crippen molar-refractivity contribution in [1.29, 1.82) is 0 Å². The van der Waals surface area contributed by atoms with Crippen molar-refractivity contribution in [2.45, 2.75) is 27.4 Å². The molecule has 1 aromatic rings. The van der Waals surface area contributed by atoms with E-state index in [1.165, 1.54) is 6.92 Å². The second-order valence-corrected chi connectivity index (χ2v) is 3.44. The fraction of sp³-hybridized carbons (Fsp3) is 0.462. The topological polar surface area (TPSA) is 44.8 Å². The number of carbonyl (C=O) groups is 1. The standard InChI is InChI=1S/C13H18O4/c1-4-15-9-11-6-7-12(17-10(3)14)13(8-11)16-5-2/h6-8H,4-5,9H2,1-3H3. The van der Waals surface area contributed by atoms with E-state index in [2.05, 4.69) is 0 Å². The molecular formula is C13H18O4. The number of hydrogen-bond acceptors (Lipinski definition) is 4. The molecule has 0 atom stereocenters. The lowest BCUT2D eigenvalue weighted by Crippen LogP contribution is -2.04. The summed E-state index contributed by atoms with van der Waals surface area (Å²) in [5.41, 5.74) is 0.992. The van der Waals surface area contributed by atoms with Crippen LogP contribution in [-0.2, 0) is 16.1 Å². The molecule has 1 aromatic carbocycles. The highest BCUT2D eigenvalue weighted by molar-refractivity contribution is 5.70. The van der Waals surface area contributed by atoms with Crippen LogP contribution in [0.2, 0.25) is 0 Å². The molecule has 1 rings (SSSR count). The van der Waals surface area contributed by atoms with Crippen molar-refractivity contribution < 1.29 is 19.0 Å². The molecule has 0 aliphatic carbocycles. The van der Waals surface area contributed by atoms with Crippen LogP contribution >= 0.6 is 0 Å². The molecule has 0 spiro atoms. The van der Waals surface area contributed by atoms with Gasteiger partial charge in [-0.15, -0.1) is 0 Å². The zero-order valence-electron chi connectivity index (χ0n) is 10.5. The number of esters is 1. The first-order valence-corrected chi connectivity index (χ1v) is 5.69. The number of carbonyl (C=O) groups excluding carboxylic acids is 1. The normalized spacial score (nSPS) is 10.1. The van der Waals surface area contributed by atoms with Crippen molar-refractivity contribution in [3.63, 3.8) is 0 Å². The van der Waals surface area contributed by atoms with Crippen LogP contribution in [-0.4, -0.2) is 19.2 Å². The summed E-state index contributed by atoms with van der Waals surface area (Å²) in [5, 5.41) is 0. The molecule has 0 heterocycles. The summed E-state index contributed by atoms with van der Waals surface area (Å²) in [6, 6.07) is 5.41. The van der Waals surface area contributed by atoms with E-state index in [4.69, 9.17) is 14.2 Å². The molecule has 0 fully saturated rings. The maximum atomic E-state index is 10.9. The number of rotatable bonds is 6. The quantitative estimate of drug-likeness (QED) is 0.564. The molecule has 0 unspecified atom stereocenters. The predicted octanol–water partition coefficient (Wildman–Crippen LogP) is 2.55. The third-order valence-electron chi connectivity index (χ3n) is 2.03. The Morgan fingerprint density at radius 3 is 2.53 bits per heavy atom. The first-order valence-electron chi connectivity index (χ1n) is 5.69. The summed E-state index contributed by atoms with van der Waals surface area (Å²) in [7, 11) is 0. The first-order chi connectivity index (χ1) is 8.17. The average Bonchev–Trinajstić information content (AvgIpc) is 2.29. The minimum absolute atomic E-state index is 0.358. The van der Waals surface area contributed by atoms with E-state index < -0.39 is 0 Å². The van der Waals surface area contributed by atoms with E-state index in [0.717, 1.165) is 5.56 Å². The number of hydrogen-bond donors (Lipinski definition) is 0. The van der Waals surface area contributed by atoms with Crippen LogP contribution < -0.4 is 9.47 Å². The molecule has 0 saturated heterocycles. The molecule has 0 bridgehead atoms. The fourth-order valence-corrected chi connectivity index (χ4v) is 1.37. The third kappa shape index (κ3) is 4.44. The first kappa shape index (κ1) is 13.5. The van der Waals surface area contributed by atoms with Gasteiger partial charge < -0.3 is 14.2 Å². The zero-order valence-corrected chi connectivity index (χ0v) is 10.5. The molecular weight excluding hydrogens is 220 g/mol. The molecule has 0 saturated carbocycles. The van der Waals surface area contributed by atoms with Crippen LogP contribution in [0.4, 0.5) is 0 Å². The Kier molecular flexibility index (Phi) is 5.49. The smallest absolute Gasteiger partial charge is 0.308 e. The maximum absolute atomic E-state index is 10.9. The Balaban J connectivity index is 2.86. The van der Waals surface area contributed by atoms with Gasteiger partial charge in [0.05, 0.1) is 13.2 Å². The Morgan fingerprint density at radius 1 is 1.18 bits per heavy atom. The van der Waals surface area contributed by atoms with E-state index in [9.17, 15) is 4.79 Å². The maximum Gasteiger partial charge on any atom is 0.308 e. The fourth-order valence-electron chi connectivity index (χ4n) is 1.37. The van der Waals surface area contributed by atoms with Crippen molar-refractivity contribution >= 4 is 5.97 Å². The van der Waals surface area contributed by atoms with E-state index in [-0.39, 0.29) is 5.97 Å². The van der Waals surface area contributed by atoms with Crippen molar-refractivity contribution in [3.05, 3.63) is 23.8 Å². The Labute approximate surface area is 101 Å².